The van der Waals surface area contributed by atoms with Gasteiger partial charge in [-0.3, -0.25) is 0 Å². The predicted molar refractivity (Wildman–Crippen MR) is 76.9 cm³/mol. The van der Waals surface area contributed by atoms with Crippen LogP contribution in [0.4, 0.5) is 0 Å². The van der Waals surface area contributed by atoms with Gasteiger partial charge in [-0.2, -0.15) is 0 Å². The summed E-state index contributed by atoms with van der Waals surface area (Å²) in [6.07, 6.45) is 0. The van der Waals surface area contributed by atoms with Crippen LogP contribution in [-0.4, -0.2) is 24.7 Å². The molecule has 0 atom stereocenters. The summed E-state index contributed by atoms with van der Waals surface area (Å²) in [5, 5.41) is 0. The van der Waals surface area contributed by atoms with Gasteiger partial charge < -0.3 is 13.9 Å². The Morgan fingerprint density at radius 3 is 2.85 bits per heavy atom. The summed E-state index contributed by atoms with van der Waals surface area (Å²) in [6.45, 7) is 3.72. The lowest BCUT2D eigenvalue weighted by molar-refractivity contribution is 0.0490. The second-order valence-corrected chi connectivity index (χ2v) is 4.91. The first kappa shape index (κ1) is 14.6. The standard InChI is InChI=1S/C14H14BrNO4/c1-4-19-14(17)12-8(2)16-13(20-12)10-6-5-9(15)7-11(10)18-3/h5-7H,4H2,1-3H3. The third-order valence-electron chi connectivity index (χ3n) is 2.65. The predicted octanol–water partition coefficient (Wildman–Crippen LogP) is 3.60. The van der Waals surface area contributed by atoms with Crippen LogP contribution in [0.3, 0.4) is 0 Å². The molecule has 0 radical (unpaired) electrons. The SMILES string of the molecule is CCOC(=O)c1oc(-c2ccc(Br)cc2OC)nc1C. The summed E-state index contributed by atoms with van der Waals surface area (Å²) in [5.74, 6) is 0.539. The topological polar surface area (TPSA) is 61.6 Å². The zero-order chi connectivity index (χ0) is 14.7. The highest BCUT2D eigenvalue weighted by atomic mass is 79.9. The summed E-state index contributed by atoms with van der Waals surface area (Å²) in [4.78, 5) is 16.0. The van der Waals surface area contributed by atoms with Gasteiger partial charge in [-0.05, 0) is 32.0 Å². The van der Waals surface area contributed by atoms with Crippen molar-refractivity contribution in [2.75, 3.05) is 13.7 Å². The number of aromatic nitrogens is 1. The molecule has 0 fully saturated rings. The van der Waals surface area contributed by atoms with Crippen molar-refractivity contribution in [3.8, 4) is 17.2 Å². The quantitative estimate of drug-likeness (QED) is 0.796. The van der Waals surface area contributed by atoms with E-state index < -0.39 is 5.97 Å². The third kappa shape index (κ3) is 2.85. The van der Waals surface area contributed by atoms with Crippen LogP contribution in [0.5, 0.6) is 5.75 Å². The van der Waals surface area contributed by atoms with E-state index in [0.717, 1.165) is 4.47 Å². The highest BCUT2D eigenvalue weighted by Gasteiger charge is 2.21. The minimum absolute atomic E-state index is 0.117. The third-order valence-corrected chi connectivity index (χ3v) is 3.14. The summed E-state index contributed by atoms with van der Waals surface area (Å²) in [5.41, 5.74) is 1.16. The number of esters is 1. The van der Waals surface area contributed by atoms with Gasteiger partial charge in [0.25, 0.3) is 0 Å². The van der Waals surface area contributed by atoms with Crippen LogP contribution in [0.15, 0.2) is 27.1 Å². The van der Waals surface area contributed by atoms with E-state index in [1.54, 1.807) is 27.0 Å². The van der Waals surface area contributed by atoms with E-state index in [4.69, 9.17) is 13.9 Å². The number of benzene rings is 1. The number of oxazole rings is 1. The Bertz CT molecular complexity index is 636. The molecule has 2 aromatic rings. The van der Waals surface area contributed by atoms with Crippen LogP contribution in [-0.2, 0) is 4.74 Å². The molecule has 0 aliphatic heterocycles. The van der Waals surface area contributed by atoms with E-state index in [1.165, 1.54) is 0 Å². The number of methoxy groups -OCH3 is 1. The zero-order valence-electron chi connectivity index (χ0n) is 11.4. The van der Waals surface area contributed by atoms with Gasteiger partial charge in [0.15, 0.2) is 0 Å². The van der Waals surface area contributed by atoms with Crippen LogP contribution >= 0.6 is 15.9 Å². The second-order valence-electron chi connectivity index (χ2n) is 4.00. The molecular formula is C14H14BrNO4. The van der Waals surface area contributed by atoms with Gasteiger partial charge in [0.2, 0.25) is 11.7 Å². The van der Waals surface area contributed by atoms with Crippen molar-refractivity contribution in [1.82, 2.24) is 4.98 Å². The van der Waals surface area contributed by atoms with Crippen molar-refractivity contribution in [2.24, 2.45) is 0 Å². The van der Waals surface area contributed by atoms with Crippen molar-refractivity contribution >= 4 is 21.9 Å². The van der Waals surface area contributed by atoms with E-state index in [0.29, 0.717) is 22.9 Å². The Morgan fingerprint density at radius 2 is 2.20 bits per heavy atom. The molecule has 1 aromatic carbocycles. The molecule has 0 aliphatic carbocycles. The van der Waals surface area contributed by atoms with Crippen molar-refractivity contribution in [1.29, 1.82) is 0 Å². The smallest absolute Gasteiger partial charge is 0.376 e. The number of hydrogen-bond donors (Lipinski definition) is 0. The van der Waals surface area contributed by atoms with Gasteiger partial charge in [0, 0.05) is 4.47 Å². The number of carbonyl (C=O) groups is 1. The molecule has 2 rings (SSSR count). The molecule has 5 nitrogen and oxygen atoms in total. The van der Waals surface area contributed by atoms with Crippen LogP contribution in [0, 0.1) is 6.92 Å². The first-order valence-corrected chi connectivity index (χ1v) is 6.84. The van der Waals surface area contributed by atoms with Crippen molar-refractivity contribution in [3.05, 3.63) is 34.1 Å². The molecule has 0 spiro atoms. The largest absolute Gasteiger partial charge is 0.496 e. The average Bonchev–Trinajstić information content (AvgIpc) is 2.80. The average molecular weight is 340 g/mol. The molecule has 0 bridgehead atoms. The highest BCUT2D eigenvalue weighted by molar-refractivity contribution is 9.10. The summed E-state index contributed by atoms with van der Waals surface area (Å²) in [7, 11) is 1.56. The van der Waals surface area contributed by atoms with Crippen LogP contribution < -0.4 is 4.74 Å². The number of halogens is 1. The first-order valence-electron chi connectivity index (χ1n) is 6.05. The van der Waals surface area contributed by atoms with Crippen LogP contribution in [0.25, 0.3) is 11.5 Å². The maximum Gasteiger partial charge on any atom is 0.376 e. The van der Waals surface area contributed by atoms with Gasteiger partial charge in [-0.1, -0.05) is 15.9 Å². The number of ether oxygens (including phenoxy) is 2. The fourth-order valence-corrected chi connectivity index (χ4v) is 2.08. The van der Waals surface area contributed by atoms with Crippen LogP contribution in [0.1, 0.15) is 23.2 Å². The fourth-order valence-electron chi connectivity index (χ4n) is 1.74. The lowest BCUT2D eigenvalue weighted by Gasteiger charge is -2.05. The van der Waals surface area contributed by atoms with Gasteiger partial charge >= 0.3 is 5.97 Å². The Kier molecular flexibility index (Phi) is 4.44. The minimum Gasteiger partial charge on any atom is -0.496 e. The molecule has 0 unspecified atom stereocenters. The Balaban J connectivity index is 2.44. The van der Waals surface area contributed by atoms with Gasteiger partial charge in [0.05, 0.1) is 25.0 Å². The molecule has 6 heteroatoms. The Labute approximate surface area is 125 Å². The van der Waals surface area contributed by atoms with E-state index in [2.05, 4.69) is 20.9 Å². The van der Waals surface area contributed by atoms with Gasteiger partial charge in [0.1, 0.15) is 5.75 Å². The number of hydrogen-bond acceptors (Lipinski definition) is 5. The molecule has 20 heavy (non-hydrogen) atoms. The molecule has 1 heterocycles. The summed E-state index contributed by atoms with van der Waals surface area (Å²) < 4.78 is 16.6. The molecule has 1 aromatic heterocycles. The lowest BCUT2D eigenvalue weighted by atomic mass is 10.2. The number of aryl methyl sites for hydroxylation is 1. The van der Waals surface area contributed by atoms with Crippen molar-refractivity contribution in [2.45, 2.75) is 13.8 Å². The van der Waals surface area contributed by atoms with Crippen LogP contribution in [0.2, 0.25) is 0 Å². The van der Waals surface area contributed by atoms with Gasteiger partial charge in [-0.15, -0.1) is 0 Å². The van der Waals surface area contributed by atoms with E-state index in [1.807, 2.05) is 12.1 Å². The lowest BCUT2D eigenvalue weighted by Crippen LogP contribution is -2.04. The highest BCUT2D eigenvalue weighted by Crippen LogP contribution is 2.33. The summed E-state index contributed by atoms with van der Waals surface area (Å²) in [6, 6.07) is 5.46. The Morgan fingerprint density at radius 1 is 1.45 bits per heavy atom. The van der Waals surface area contributed by atoms with E-state index >= 15 is 0 Å². The van der Waals surface area contributed by atoms with Crippen molar-refractivity contribution in [3.63, 3.8) is 0 Å². The Hall–Kier alpha value is -1.82. The van der Waals surface area contributed by atoms with E-state index in [-0.39, 0.29) is 12.4 Å². The molecule has 0 saturated carbocycles. The monoisotopic (exact) mass is 339 g/mol. The number of rotatable bonds is 4. The molecule has 0 N–H and O–H groups in total. The number of carbonyl (C=O) groups excluding carboxylic acids is 1. The molecule has 106 valence electrons. The number of nitrogens with zero attached hydrogens (tertiary/aromatic N) is 1. The minimum atomic E-state index is -0.514. The molecule has 0 aliphatic rings. The van der Waals surface area contributed by atoms with Gasteiger partial charge in [-0.25, -0.2) is 9.78 Å². The first-order chi connectivity index (χ1) is 9.56. The maximum atomic E-state index is 11.7. The molecule has 0 saturated heterocycles. The second kappa shape index (κ2) is 6.09. The summed E-state index contributed by atoms with van der Waals surface area (Å²) >= 11 is 3.37. The van der Waals surface area contributed by atoms with Crippen molar-refractivity contribution < 1.29 is 18.7 Å². The maximum absolute atomic E-state index is 11.7. The van der Waals surface area contributed by atoms with E-state index in [9.17, 15) is 4.79 Å². The molecule has 0 amide bonds. The fraction of sp³-hybridized carbons (Fsp3) is 0.286. The zero-order valence-corrected chi connectivity index (χ0v) is 13.0. The normalized spacial score (nSPS) is 10.4. The molecular weight excluding hydrogens is 326 g/mol.